The number of nitrogens with one attached hydrogen (secondary N) is 2. The number of hydrogen-bond donors (Lipinski definition) is 2. The zero-order valence-electron chi connectivity index (χ0n) is 13.0. The van der Waals surface area contributed by atoms with E-state index >= 15 is 0 Å². The maximum Gasteiger partial charge on any atom is 0.258 e. The van der Waals surface area contributed by atoms with Gasteiger partial charge in [-0.25, -0.2) is 4.98 Å². The fourth-order valence-corrected chi connectivity index (χ4v) is 2.42. The van der Waals surface area contributed by atoms with Crippen molar-refractivity contribution in [3.8, 4) is 0 Å². The second-order valence-corrected chi connectivity index (χ2v) is 5.30. The summed E-state index contributed by atoms with van der Waals surface area (Å²) in [6, 6.07) is 7.76. The lowest BCUT2D eigenvalue weighted by Gasteiger charge is -2.23. The Morgan fingerprint density at radius 1 is 1.29 bits per heavy atom. The molecule has 2 rings (SSSR count). The van der Waals surface area contributed by atoms with Crippen LogP contribution in [0.5, 0.6) is 0 Å². The summed E-state index contributed by atoms with van der Waals surface area (Å²) in [6.07, 6.45) is 0. The lowest BCUT2D eigenvalue weighted by Crippen LogP contribution is -2.39. The maximum atomic E-state index is 12.0. The van der Waals surface area contributed by atoms with Crippen molar-refractivity contribution in [2.24, 2.45) is 0 Å². The van der Waals surface area contributed by atoms with Crippen molar-refractivity contribution < 1.29 is 0 Å². The molecule has 5 nitrogen and oxygen atoms in total. The first-order valence-electron chi connectivity index (χ1n) is 7.57. The van der Waals surface area contributed by atoms with Crippen molar-refractivity contribution >= 4 is 10.9 Å². The number of hydrogen-bond acceptors (Lipinski definition) is 4. The fourth-order valence-electron chi connectivity index (χ4n) is 2.42. The second kappa shape index (κ2) is 7.33. The standard InChI is InChI=1S/C16H24N4O/c1-4-20(5-2)11-12(3)17-10-15-18-14-9-7-6-8-13(14)16(21)19-15/h6-9,12,17H,4-5,10-11H2,1-3H3,(H,18,19,21). The van der Waals surface area contributed by atoms with Crippen LogP contribution < -0.4 is 10.9 Å². The summed E-state index contributed by atoms with van der Waals surface area (Å²) in [5.74, 6) is 0.685. The number of para-hydroxylation sites is 1. The van der Waals surface area contributed by atoms with Gasteiger partial charge in [-0.2, -0.15) is 0 Å². The van der Waals surface area contributed by atoms with Crippen LogP contribution in [0.4, 0.5) is 0 Å². The number of nitrogens with zero attached hydrogens (tertiary/aromatic N) is 2. The van der Waals surface area contributed by atoms with Crippen LogP contribution in [0, 0.1) is 0 Å². The minimum Gasteiger partial charge on any atom is -0.309 e. The van der Waals surface area contributed by atoms with Crippen molar-refractivity contribution in [3.05, 3.63) is 40.4 Å². The molecule has 1 aromatic heterocycles. The molecule has 0 saturated carbocycles. The second-order valence-electron chi connectivity index (χ2n) is 5.30. The van der Waals surface area contributed by atoms with Crippen LogP contribution in [0.2, 0.25) is 0 Å². The molecule has 0 fully saturated rings. The van der Waals surface area contributed by atoms with Crippen molar-refractivity contribution in [2.75, 3.05) is 19.6 Å². The van der Waals surface area contributed by atoms with Gasteiger partial charge in [-0.05, 0) is 32.1 Å². The third-order valence-electron chi connectivity index (χ3n) is 3.71. The van der Waals surface area contributed by atoms with E-state index in [1.54, 1.807) is 6.07 Å². The highest BCUT2D eigenvalue weighted by molar-refractivity contribution is 5.77. The van der Waals surface area contributed by atoms with E-state index in [1.807, 2.05) is 18.2 Å². The Morgan fingerprint density at radius 2 is 2.00 bits per heavy atom. The van der Waals surface area contributed by atoms with Crippen LogP contribution in [0.1, 0.15) is 26.6 Å². The SMILES string of the molecule is CCN(CC)CC(C)NCc1nc2ccccc2c(=O)[nH]1. The predicted molar refractivity (Wildman–Crippen MR) is 86.5 cm³/mol. The Bertz CT molecular complexity index is 633. The van der Waals surface area contributed by atoms with Gasteiger partial charge in [0.05, 0.1) is 17.4 Å². The minimum atomic E-state index is -0.0752. The number of rotatable bonds is 7. The molecule has 0 aliphatic heterocycles. The van der Waals surface area contributed by atoms with Gasteiger partial charge in [0.25, 0.3) is 5.56 Å². The Morgan fingerprint density at radius 3 is 2.71 bits per heavy atom. The molecule has 1 atom stereocenters. The van der Waals surface area contributed by atoms with Gasteiger partial charge in [0.2, 0.25) is 0 Å². The average molecular weight is 288 g/mol. The molecule has 0 amide bonds. The van der Waals surface area contributed by atoms with Gasteiger partial charge in [-0.1, -0.05) is 26.0 Å². The molecule has 2 N–H and O–H groups in total. The van der Waals surface area contributed by atoms with E-state index in [9.17, 15) is 4.79 Å². The van der Waals surface area contributed by atoms with Crippen molar-refractivity contribution in [2.45, 2.75) is 33.4 Å². The summed E-state index contributed by atoms with van der Waals surface area (Å²) in [4.78, 5) is 21.7. The third kappa shape index (κ3) is 4.12. The van der Waals surface area contributed by atoms with E-state index in [0.717, 1.165) is 25.2 Å². The highest BCUT2D eigenvalue weighted by atomic mass is 16.1. The lowest BCUT2D eigenvalue weighted by atomic mass is 10.2. The number of likely N-dealkylation sites (N-methyl/N-ethyl adjacent to an activating group) is 1. The van der Waals surface area contributed by atoms with Gasteiger partial charge >= 0.3 is 0 Å². The summed E-state index contributed by atoms with van der Waals surface area (Å²) in [6.45, 7) is 10.1. The first kappa shape index (κ1) is 15.7. The molecule has 5 heteroatoms. The highest BCUT2D eigenvalue weighted by Gasteiger charge is 2.08. The van der Waals surface area contributed by atoms with E-state index in [2.05, 4.69) is 41.0 Å². The molecule has 114 valence electrons. The molecule has 1 aromatic carbocycles. The predicted octanol–water partition coefficient (Wildman–Crippen LogP) is 1.74. The van der Waals surface area contributed by atoms with Gasteiger partial charge in [0.15, 0.2) is 0 Å². The number of aromatic nitrogens is 2. The Balaban J connectivity index is 2.02. The van der Waals surface area contributed by atoms with Gasteiger partial charge in [0.1, 0.15) is 5.82 Å². The van der Waals surface area contributed by atoms with Crippen LogP contribution >= 0.6 is 0 Å². The molecule has 0 aliphatic carbocycles. The van der Waals surface area contributed by atoms with Crippen molar-refractivity contribution in [3.63, 3.8) is 0 Å². The number of fused-ring (bicyclic) bond motifs is 1. The summed E-state index contributed by atoms with van der Waals surface area (Å²) >= 11 is 0. The smallest absolute Gasteiger partial charge is 0.258 e. The summed E-state index contributed by atoms with van der Waals surface area (Å²) < 4.78 is 0. The molecule has 0 spiro atoms. The fraction of sp³-hybridized carbons (Fsp3) is 0.500. The van der Waals surface area contributed by atoms with Crippen molar-refractivity contribution in [1.29, 1.82) is 0 Å². The molecule has 1 unspecified atom stereocenters. The lowest BCUT2D eigenvalue weighted by molar-refractivity contribution is 0.270. The van der Waals surface area contributed by atoms with E-state index < -0.39 is 0 Å². The first-order chi connectivity index (χ1) is 10.1. The summed E-state index contributed by atoms with van der Waals surface area (Å²) in [5.41, 5.74) is 0.670. The van der Waals surface area contributed by atoms with Gasteiger partial charge < -0.3 is 15.2 Å². The third-order valence-corrected chi connectivity index (χ3v) is 3.71. The van der Waals surface area contributed by atoms with Gasteiger partial charge in [-0.15, -0.1) is 0 Å². The van der Waals surface area contributed by atoms with Crippen molar-refractivity contribution in [1.82, 2.24) is 20.2 Å². The Hall–Kier alpha value is -1.72. The molecule has 0 radical (unpaired) electrons. The molecular formula is C16H24N4O. The molecule has 0 saturated heterocycles. The number of benzene rings is 1. The quantitative estimate of drug-likeness (QED) is 0.815. The van der Waals surface area contributed by atoms with E-state index in [-0.39, 0.29) is 5.56 Å². The topological polar surface area (TPSA) is 61.0 Å². The monoisotopic (exact) mass is 288 g/mol. The minimum absolute atomic E-state index is 0.0752. The van der Waals surface area contributed by atoms with Crippen LogP contribution in [0.15, 0.2) is 29.1 Å². The molecule has 0 bridgehead atoms. The zero-order chi connectivity index (χ0) is 15.2. The highest BCUT2D eigenvalue weighted by Crippen LogP contribution is 2.05. The average Bonchev–Trinajstić information content (AvgIpc) is 2.50. The zero-order valence-corrected chi connectivity index (χ0v) is 13.0. The molecule has 1 heterocycles. The Kier molecular flexibility index (Phi) is 5.47. The normalized spacial score (nSPS) is 13.0. The first-order valence-corrected chi connectivity index (χ1v) is 7.57. The van der Waals surface area contributed by atoms with Crippen LogP contribution in [0.25, 0.3) is 10.9 Å². The summed E-state index contributed by atoms with van der Waals surface area (Å²) in [5, 5.41) is 4.05. The van der Waals surface area contributed by atoms with E-state index in [0.29, 0.717) is 23.8 Å². The largest absolute Gasteiger partial charge is 0.309 e. The van der Waals surface area contributed by atoms with E-state index in [4.69, 9.17) is 0 Å². The van der Waals surface area contributed by atoms with Crippen LogP contribution in [-0.4, -0.2) is 40.5 Å². The van der Waals surface area contributed by atoms with Crippen LogP contribution in [0.3, 0.4) is 0 Å². The van der Waals surface area contributed by atoms with Crippen LogP contribution in [-0.2, 0) is 6.54 Å². The number of H-pyrrole nitrogens is 1. The summed E-state index contributed by atoms with van der Waals surface area (Å²) in [7, 11) is 0. The molecule has 0 aliphatic rings. The Labute approximate surface area is 125 Å². The molecule has 21 heavy (non-hydrogen) atoms. The maximum absolute atomic E-state index is 12.0. The van der Waals surface area contributed by atoms with E-state index in [1.165, 1.54) is 0 Å². The van der Waals surface area contributed by atoms with Gasteiger partial charge in [-0.3, -0.25) is 4.79 Å². The molecule has 2 aromatic rings. The number of aromatic amines is 1. The van der Waals surface area contributed by atoms with Gasteiger partial charge in [0, 0.05) is 12.6 Å². The molecular weight excluding hydrogens is 264 g/mol.